The Bertz CT molecular complexity index is 381. The van der Waals surface area contributed by atoms with Crippen LogP contribution in [-0.2, 0) is 16.0 Å². The molecular weight excluding hydrogens is 317 g/mol. The maximum atomic E-state index is 11.6. The first kappa shape index (κ1) is 13.4. The van der Waals surface area contributed by atoms with Crippen molar-refractivity contribution in [1.29, 1.82) is 0 Å². The van der Waals surface area contributed by atoms with Crippen LogP contribution in [-0.4, -0.2) is 18.6 Å². The van der Waals surface area contributed by atoms with Crippen molar-refractivity contribution in [2.45, 2.75) is 25.3 Å². The van der Waals surface area contributed by atoms with Crippen molar-refractivity contribution in [3.05, 3.63) is 33.4 Å². The highest BCUT2D eigenvalue weighted by Gasteiger charge is 2.33. The van der Waals surface area contributed by atoms with Gasteiger partial charge in [0.05, 0.1) is 7.11 Å². The van der Waals surface area contributed by atoms with Crippen LogP contribution in [0.3, 0.4) is 0 Å². The fourth-order valence-electron chi connectivity index (χ4n) is 1.53. The van der Waals surface area contributed by atoms with Gasteiger partial charge in [-0.3, -0.25) is 4.79 Å². The predicted molar refractivity (Wildman–Crippen MR) is 72.1 cm³/mol. The zero-order valence-corrected chi connectivity index (χ0v) is 11.7. The highest BCUT2D eigenvalue weighted by molar-refractivity contribution is 14.1. The summed E-state index contributed by atoms with van der Waals surface area (Å²) in [4.78, 5) is 11.6. The molecule has 1 atom stereocenters. The molecule has 0 amide bonds. The Balaban J connectivity index is 2.94. The second kappa shape index (κ2) is 5.63. The molecule has 0 bridgehead atoms. The molecule has 1 aromatic carbocycles. The summed E-state index contributed by atoms with van der Waals surface area (Å²) < 4.78 is 5.87. The van der Waals surface area contributed by atoms with E-state index in [4.69, 9.17) is 10.5 Å². The van der Waals surface area contributed by atoms with Gasteiger partial charge >= 0.3 is 5.97 Å². The molecule has 0 aliphatic carbocycles. The van der Waals surface area contributed by atoms with E-state index in [0.717, 1.165) is 9.13 Å². The number of esters is 1. The van der Waals surface area contributed by atoms with E-state index >= 15 is 0 Å². The van der Waals surface area contributed by atoms with Crippen LogP contribution in [0, 0.1) is 3.57 Å². The molecule has 0 unspecified atom stereocenters. The summed E-state index contributed by atoms with van der Waals surface area (Å²) in [6, 6.07) is 7.91. The molecule has 0 aliphatic heterocycles. The van der Waals surface area contributed by atoms with Gasteiger partial charge in [0, 0.05) is 9.99 Å². The zero-order valence-electron chi connectivity index (χ0n) is 9.50. The summed E-state index contributed by atoms with van der Waals surface area (Å²) >= 11 is 2.24. The quantitative estimate of drug-likeness (QED) is 0.678. The maximum Gasteiger partial charge on any atom is 0.326 e. The van der Waals surface area contributed by atoms with E-state index < -0.39 is 5.54 Å². The fraction of sp³-hybridized carbons (Fsp3) is 0.417. The molecule has 0 aromatic heterocycles. The van der Waals surface area contributed by atoms with E-state index in [1.807, 2.05) is 31.2 Å². The number of hydrogen-bond acceptors (Lipinski definition) is 3. The van der Waals surface area contributed by atoms with Crippen LogP contribution in [0.5, 0.6) is 0 Å². The van der Waals surface area contributed by atoms with Crippen LogP contribution >= 0.6 is 22.6 Å². The summed E-state index contributed by atoms with van der Waals surface area (Å²) in [5.41, 5.74) is 6.24. The summed E-state index contributed by atoms with van der Waals surface area (Å²) in [7, 11) is 1.37. The predicted octanol–water partition coefficient (Wildman–Crippen LogP) is 2.11. The number of nitrogens with two attached hydrogens (primary N) is 1. The van der Waals surface area contributed by atoms with E-state index in [0.29, 0.717) is 12.8 Å². The van der Waals surface area contributed by atoms with Crippen LogP contribution in [0.1, 0.15) is 18.9 Å². The first-order valence-corrected chi connectivity index (χ1v) is 6.22. The number of ether oxygens (including phenoxy) is 1. The number of methoxy groups -OCH3 is 1. The minimum atomic E-state index is -0.921. The van der Waals surface area contributed by atoms with E-state index in [1.165, 1.54) is 7.11 Å². The third kappa shape index (κ3) is 2.95. The number of halogens is 1. The van der Waals surface area contributed by atoms with Gasteiger partial charge in [-0.2, -0.15) is 0 Å². The first-order chi connectivity index (χ1) is 7.53. The lowest BCUT2D eigenvalue weighted by Gasteiger charge is -2.25. The monoisotopic (exact) mass is 333 g/mol. The normalized spacial score (nSPS) is 14.2. The molecule has 0 spiro atoms. The van der Waals surface area contributed by atoms with Gasteiger partial charge in [0.1, 0.15) is 5.54 Å². The molecule has 16 heavy (non-hydrogen) atoms. The molecular formula is C12H16INO2. The molecule has 0 saturated carbocycles. The summed E-state index contributed by atoms with van der Waals surface area (Å²) in [5.74, 6) is -0.352. The molecule has 3 nitrogen and oxygen atoms in total. The third-order valence-corrected chi connectivity index (χ3v) is 3.74. The SMILES string of the molecule is CC[C@](N)(Cc1ccccc1I)C(=O)OC. The molecule has 88 valence electrons. The van der Waals surface area contributed by atoms with Gasteiger partial charge in [0.25, 0.3) is 0 Å². The van der Waals surface area contributed by atoms with Crippen molar-refractivity contribution in [3.8, 4) is 0 Å². The standard InChI is InChI=1S/C12H16INO2/c1-3-12(14,11(15)16-2)8-9-6-4-5-7-10(9)13/h4-7H,3,8,14H2,1-2H3/t12-/m0/s1. The summed E-state index contributed by atoms with van der Waals surface area (Å²) in [6.45, 7) is 1.90. The van der Waals surface area contributed by atoms with Gasteiger partial charge in [0.15, 0.2) is 0 Å². The van der Waals surface area contributed by atoms with Crippen LogP contribution in [0.25, 0.3) is 0 Å². The largest absolute Gasteiger partial charge is 0.468 e. The topological polar surface area (TPSA) is 52.3 Å². The molecule has 0 fully saturated rings. The Morgan fingerprint density at radius 1 is 1.50 bits per heavy atom. The smallest absolute Gasteiger partial charge is 0.326 e. The molecule has 2 N–H and O–H groups in total. The minimum absolute atomic E-state index is 0.352. The zero-order chi connectivity index (χ0) is 12.2. The Hall–Kier alpha value is -0.620. The van der Waals surface area contributed by atoms with Crippen LogP contribution in [0.2, 0.25) is 0 Å². The Morgan fingerprint density at radius 3 is 2.62 bits per heavy atom. The average molecular weight is 333 g/mol. The molecule has 0 saturated heterocycles. The van der Waals surface area contributed by atoms with Crippen molar-refractivity contribution < 1.29 is 9.53 Å². The molecule has 1 rings (SSSR count). The molecule has 0 heterocycles. The number of carbonyl (C=O) groups is 1. The number of hydrogen-bond donors (Lipinski definition) is 1. The molecule has 1 aromatic rings. The second-order valence-corrected chi connectivity index (χ2v) is 4.93. The fourth-order valence-corrected chi connectivity index (χ4v) is 2.10. The second-order valence-electron chi connectivity index (χ2n) is 3.77. The number of rotatable bonds is 4. The van der Waals surface area contributed by atoms with Gasteiger partial charge in [-0.25, -0.2) is 0 Å². The van der Waals surface area contributed by atoms with Gasteiger partial charge < -0.3 is 10.5 Å². The van der Waals surface area contributed by atoms with Crippen molar-refractivity contribution >= 4 is 28.6 Å². The number of carbonyl (C=O) groups excluding carboxylic acids is 1. The van der Waals surface area contributed by atoms with Gasteiger partial charge in [-0.05, 0) is 40.6 Å². The Kier molecular flexibility index (Phi) is 4.73. The lowest BCUT2D eigenvalue weighted by molar-refractivity contribution is -0.147. The van der Waals surface area contributed by atoms with Crippen molar-refractivity contribution in [2.24, 2.45) is 5.73 Å². The summed E-state index contributed by atoms with van der Waals surface area (Å²) in [5, 5.41) is 0. The van der Waals surface area contributed by atoms with Crippen LogP contribution in [0.15, 0.2) is 24.3 Å². The Morgan fingerprint density at radius 2 is 2.12 bits per heavy atom. The first-order valence-electron chi connectivity index (χ1n) is 5.14. The van der Waals surface area contributed by atoms with E-state index in [2.05, 4.69) is 22.6 Å². The van der Waals surface area contributed by atoms with Crippen molar-refractivity contribution in [1.82, 2.24) is 0 Å². The third-order valence-electron chi connectivity index (χ3n) is 2.69. The lowest BCUT2D eigenvalue weighted by atomic mass is 9.89. The molecule has 0 radical (unpaired) electrons. The highest BCUT2D eigenvalue weighted by Crippen LogP contribution is 2.20. The van der Waals surface area contributed by atoms with Gasteiger partial charge in [-0.15, -0.1) is 0 Å². The summed E-state index contributed by atoms with van der Waals surface area (Å²) in [6.07, 6.45) is 1.07. The average Bonchev–Trinajstić information content (AvgIpc) is 2.31. The van der Waals surface area contributed by atoms with Crippen LogP contribution in [0.4, 0.5) is 0 Å². The van der Waals surface area contributed by atoms with E-state index in [9.17, 15) is 4.79 Å². The van der Waals surface area contributed by atoms with Gasteiger partial charge in [-0.1, -0.05) is 25.1 Å². The van der Waals surface area contributed by atoms with Crippen molar-refractivity contribution in [3.63, 3.8) is 0 Å². The molecule has 4 heteroatoms. The maximum absolute atomic E-state index is 11.6. The van der Waals surface area contributed by atoms with Gasteiger partial charge in [0.2, 0.25) is 0 Å². The highest BCUT2D eigenvalue weighted by atomic mass is 127. The van der Waals surface area contributed by atoms with Crippen molar-refractivity contribution in [2.75, 3.05) is 7.11 Å². The van der Waals surface area contributed by atoms with E-state index in [-0.39, 0.29) is 5.97 Å². The van der Waals surface area contributed by atoms with E-state index in [1.54, 1.807) is 0 Å². The van der Waals surface area contributed by atoms with Crippen LogP contribution < -0.4 is 5.73 Å². The lowest BCUT2D eigenvalue weighted by Crippen LogP contribution is -2.50. The Labute approximate surface area is 109 Å². The molecule has 0 aliphatic rings. The number of benzene rings is 1. The minimum Gasteiger partial charge on any atom is -0.468 e.